The molecule has 0 spiro atoms. The minimum absolute atomic E-state index is 0.0192. The summed E-state index contributed by atoms with van der Waals surface area (Å²) in [5.41, 5.74) is 1.95. The summed E-state index contributed by atoms with van der Waals surface area (Å²) in [6, 6.07) is 7.08. The molecule has 0 saturated heterocycles. The van der Waals surface area contributed by atoms with Crippen LogP contribution in [0.3, 0.4) is 0 Å². The van der Waals surface area contributed by atoms with Gasteiger partial charge < -0.3 is 10.1 Å². The van der Waals surface area contributed by atoms with Gasteiger partial charge in [0.25, 0.3) is 0 Å². The van der Waals surface area contributed by atoms with Gasteiger partial charge in [-0.3, -0.25) is 4.79 Å². The number of carbonyl (C=O) groups excluding carboxylic acids is 2. The number of benzene rings is 1. The summed E-state index contributed by atoms with van der Waals surface area (Å²) < 4.78 is 6.35. The number of thioether (sulfide) groups is 1. The number of hydrogen-bond donors (Lipinski definition) is 1. The molecule has 1 N–H and O–H groups in total. The minimum Gasteiger partial charge on any atom is -0.467 e. The van der Waals surface area contributed by atoms with E-state index in [-0.39, 0.29) is 17.6 Å². The number of carbonyl (C=O) groups is 2. The van der Waals surface area contributed by atoms with Gasteiger partial charge in [-0.1, -0.05) is 49.7 Å². The molecule has 8 nitrogen and oxygen atoms in total. The van der Waals surface area contributed by atoms with Crippen LogP contribution in [0.15, 0.2) is 29.4 Å². The second-order valence-electron chi connectivity index (χ2n) is 5.95. The van der Waals surface area contributed by atoms with Crippen LogP contribution in [0, 0.1) is 12.8 Å². The molecular weight excluding hydrogens is 354 g/mol. The molecule has 1 aromatic heterocycles. The van der Waals surface area contributed by atoms with E-state index in [1.54, 1.807) is 4.68 Å². The number of tetrazole rings is 1. The first-order valence-electron chi connectivity index (χ1n) is 8.31. The van der Waals surface area contributed by atoms with E-state index in [4.69, 9.17) is 4.74 Å². The molecule has 2 rings (SSSR count). The van der Waals surface area contributed by atoms with Gasteiger partial charge in [0.1, 0.15) is 6.04 Å². The maximum absolute atomic E-state index is 12.3. The molecule has 140 valence electrons. The Labute approximate surface area is 156 Å². The van der Waals surface area contributed by atoms with E-state index in [0.717, 1.165) is 17.7 Å². The van der Waals surface area contributed by atoms with Crippen molar-refractivity contribution in [1.82, 2.24) is 25.5 Å². The molecule has 0 saturated carbocycles. The van der Waals surface area contributed by atoms with Crippen LogP contribution in [-0.2, 0) is 14.3 Å². The van der Waals surface area contributed by atoms with E-state index in [9.17, 15) is 9.59 Å². The lowest BCUT2D eigenvalue weighted by Gasteiger charge is -2.21. The molecule has 0 radical (unpaired) electrons. The summed E-state index contributed by atoms with van der Waals surface area (Å²) in [6.07, 6.45) is 0.749. The fourth-order valence-corrected chi connectivity index (χ4v) is 2.96. The SMILES string of the molecule is CC[C@@H](C)[C@@H](NC(=O)CSc1nnnn1-c1ccc(C)cc1)C(=O)OC. The zero-order chi connectivity index (χ0) is 19.1. The van der Waals surface area contributed by atoms with Crippen LogP contribution < -0.4 is 5.32 Å². The third-order valence-corrected chi connectivity index (χ3v) is 4.96. The summed E-state index contributed by atoms with van der Waals surface area (Å²) in [6.45, 7) is 5.85. The van der Waals surface area contributed by atoms with E-state index in [2.05, 4.69) is 20.8 Å². The smallest absolute Gasteiger partial charge is 0.328 e. The van der Waals surface area contributed by atoms with Gasteiger partial charge in [-0.05, 0) is 35.4 Å². The molecular formula is C17H23N5O3S. The zero-order valence-electron chi connectivity index (χ0n) is 15.3. The van der Waals surface area contributed by atoms with Gasteiger partial charge in [-0.25, -0.2) is 4.79 Å². The predicted octanol–water partition coefficient (Wildman–Crippen LogP) is 1.77. The fraction of sp³-hybridized carbons (Fsp3) is 0.471. The second-order valence-corrected chi connectivity index (χ2v) is 6.89. The van der Waals surface area contributed by atoms with Crippen LogP contribution in [0.25, 0.3) is 5.69 Å². The largest absolute Gasteiger partial charge is 0.467 e. The Morgan fingerprint density at radius 3 is 2.62 bits per heavy atom. The lowest BCUT2D eigenvalue weighted by Crippen LogP contribution is -2.46. The Morgan fingerprint density at radius 2 is 2.00 bits per heavy atom. The van der Waals surface area contributed by atoms with Crippen molar-refractivity contribution >= 4 is 23.6 Å². The Balaban J connectivity index is 2.00. The summed E-state index contributed by atoms with van der Waals surface area (Å²) >= 11 is 1.20. The first-order valence-corrected chi connectivity index (χ1v) is 9.30. The van der Waals surface area contributed by atoms with Crippen LogP contribution in [-0.4, -0.2) is 51.0 Å². The third-order valence-electron chi connectivity index (χ3n) is 4.04. The van der Waals surface area contributed by atoms with E-state index in [1.807, 2.05) is 45.0 Å². The molecule has 1 amide bonds. The van der Waals surface area contributed by atoms with Crippen LogP contribution in [0.5, 0.6) is 0 Å². The van der Waals surface area contributed by atoms with Crippen molar-refractivity contribution in [3.63, 3.8) is 0 Å². The lowest BCUT2D eigenvalue weighted by atomic mass is 9.99. The number of ether oxygens (including phenoxy) is 1. The van der Waals surface area contributed by atoms with E-state index in [0.29, 0.717) is 5.16 Å². The molecule has 0 fully saturated rings. The van der Waals surface area contributed by atoms with Gasteiger partial charge in [0.15, 0.2) is 0 Å². The molecule has 0 unspecified atom stereocenters. The molecule has 1 aromatic carbocycles. The van der Waals surface area contributed by atoms with Crippen molar-refractivity contribution < 1.29 is 14.3 Å². The number of esters is 1. The van der Waals surface area contributed by atoms with Gasteiger partial charge in [0.05, 0.1) is 18.6 Å². The van der Waals surface area contributed by atoms with Gasteiger partial charge in [-0.2, -0.15) is 4.68 Å². The highest BCUT2D eigenvalue weighted by molar-refractivity contribution is 7.99. The molecule has 0 aliphatic heterocycles. The topological polar surface area (TPSA) is 99.0 Å². The van der Waals surface area contributed by atoms with Gasteiger partial charge in [0.2, 0.25) is 11.1 Å². The molecule has 0 aliphatic rings. The number of aromatic nitrogens is 4. The van der Waals surface area contributed by atoms with Crippen molar-refractivity contribution in [2.45, 2.75) is 38.4 Å². The number of nitrogens with one attached hydrogen (secondary N) is 1. The number of methoxy groups -OCH3 is 1. The first-order chi connectivity index (χ1) is 12.5. The monoisotopic (exact) mass is 377 g/mol. The minimum atomic E-state index is -0.661. The Morgan fingerprint density at radius 1 is 1.31 bits per heavy atom. The van der Waals surface area contributed by atoms with Crippen molar-refractivity contribution in [1.29, 1.82) is 0 Å². The normalized spacial score (nSPS) is 13.1. The fourth-order valence-electron chi connectivity index (χ4n) is 2.26. The Hall–Kier alpha value is -2.42. The number of nitrogens with zero attached hydrogens (tertiary/aromatic N) is 4. The summed E-state index contributed by atoms with van der Waals surface area (Å²) in [5, 5.41) is 14.8. The van der Waals surface area contributed by atoms with Gasteiger partial charge in [-0.15, -0.1) is 5.10 Å². The number of hydrogen-bond acceptors (Lipinski definition) is 7. The molecule has 0 aliphatic carbocycles. The standard InChI is InChI=1S/C17H23N5O3S/c1-5-12(3)15(16(24)25-4)18-14(23)10-26-17-19-20-21-22(17)13-8-6-11(2)7-9-13/h6-9,12,15H,5,10H2,1-4H3,(H,18,23)/t12-,15-/m1/s1. The Kier molecular flexibility index (Phi) is 7.14. The third kappa shape index (κ3) is 5.04. The maximum Gasteiger partial charge on any atom is 0.328 e. The maximum atomic E-state index is 12.3. The van der Waals surface area contributed by atoms with Gasteiger partial charge in [0, 0.05) is 0 Å². The Bertz CT molecular complexity index is 747. The average Bonchev–Trinajstić information content (AvgIpc) is 3.12. The van der Waals surface area contributed by atoms with Gasteiger partial charge >= 0.3 is 5.97 Å². The number of aryl methyl sites for hydroxylation is 1. The molecule has 2 atom stereocenters. The van der Waals surface area contributed by atoms with Crippen molar-refractivity contribution in [3.8, 4) is 5.69 Å². The van der Waals surface area contributed by atoms with Crippen LogP contribution >= 0.6 is 11.8 Å². The number of rotatable bonds is 8. The highest BCUT2D eigenvalue weighted by atomic mass is 32.2. The average molecular weight is 377 g/mol. The lowest BCUT2D eigenvalue weighted by molar-refractivity contribution is -0.146. The van der Waals surface area contributed by atoms with Crippen LogP contribution in [0.1, 0.15) is 25.8 Å². The van der Waals surface area contributed by atoms with Crippen molar-refractivity contribution in [3.05, 3.63) is 29.8 Å². The summed E-state index contributed by atoms with van der Waals surface area (Å²) in [4.78, 5) is 24.1. The molecule has 9 heteroatoms. The molecule has 26 heavy (non-hydrogen) atoms. The van der Waals surface area contributed by atoms with Crippen LogP contribution in [0.2, 0.25) is 0 Å². The molecule has 0 bridgehead atoms. The molecule has 2 aromatic rings. The van der Waals surface area contributed by atoms with Crippen LogP contribution in [0.4, 0.5) is 0 Å². The second kappa shape index (κ2) is 9.33. The van der Waals surface area contributed by atoms with E-state index < -0.39 is 12.0 Å². The highest BCUT2D eigenvalue weighted by Gasteiger charge is 2.26. The zero-order valence-corrected chi connectivity index (χ0v) is 16.1. The van der Waals surface area contributed by atoms with E-state index in [1.165, 1.54) is 18.9 Å². The predicted molar refractivity (Wildman–Crippen MR) is 98.0 cm³/mol. The van der Waals surface area contributed by atoms with E-state index >= 15 is 0 Å². The van der Waals surface area contributed by atoms with Crippen molar-refractivity contribution in [2.24, 2.45) is 5.92 Å². The summed E-state index contributed by atoms with van der Waals surface area (Å²) in [7, 11) is 1.31. The van der Waals surface area contributed by atoms with Crippen molar-refractivity contribution in [2.75, 3.05) is 12.9 Å². The highest BCUT2D eigenvalue weighted by Crippen LogP contribution is 2.18. The first kappa shape index (κ1) is 19.9. The quantitative estimate of drug-likeness (QED) is 0.553. The number of amides is 1. The molecule has 1 heterocycles. The summed E-state index contributed by atoms with van der Waals surface area (Å²) in [5.74, 6) is -0.642.